The van der Waals surface area contributed by atoms with E-state index >= 15 is 0 Å². The number of phenols is 1. The summed E-state index contributed by atoms with van der Waals surface area (Å²) < 4.78 is 27.3. The normalized spacial score (nSPS) is 17.0. The Morgan fingerprint density at radius 2 is 1.95 bits per heavy atom. The summed E-state index contributed by atoms with van der Waals surface area (Å²) in [7, 11) is -0.496. The Kier molecular flexibility index (Phi) is 5.05. The molecule has 2 N–H and O–H groups in total. The molecule has 2 rings (SSSR count). The van der Waals surface area contributed by atoms with Crippen molar-refractivity contribution in [3.8, 4) is 5.75 Å². The lowest BCUT2D eigenvalue weighted by Crippen LogP contribution is -2.49. The van der Waals surface area contributed by atoms with Crippen LogP contribution in [0.4, 0.5) is 0 Å². The van der Waals surface area contributed by atoms with Crippen molar-refractivity contribution < 1.29 is 18.3 Å². The lowest BCUT2D eigenvalue weighted by Gasteiger charge is -2.32. The first-order valence-electron chi connectivity index (χ1n) is 7.07. The van der Waals surface area contributed by atoms with Gasteiger partial charge in [0.05, 0.1) is 0 Å². The molecular formula is C14H21N3O4S. The summed E-state index contributed by atoms with van der Waals surface area (Å²) in [5.41, 5.74) is 0.437. The summed E-state index contributed by atoms with van der Waals surface area (Å²) in [4.78, 5) is 14.0. The van der Waals surface area contributed by atoms with Crippen LogP contribution in [0.15, 0.2) is 24.3 Å². The second-order valence-electron chi connectivity index (χ2n) is 5.52. The molecule has 8 heteroatoms. The maximum atomic E-state index is 12.3. The van der Waals surface area contributed by atoms with Gasteiger partial charge in [0, 0.05) is 38.8 Å². The fourth-order valence-electron chi connectivity index (χ4n) is 2.34. The van der Waals surface area contributed by atoms with Crippen LogP contribution in [0, 0.1) is 0 Å². The van der Waals surface area contributed by atoms with E-state index in [-0.39, 0.29) is 17.7 Å². The second kappa shape index (κ2) is 6.64. The van der Waals surface area contributed by atoms with Crippen molar-refractivity contribution in [2.24, 2.45) is 0 Å². The van der Waals surface area contributed by atoms with Crippen LogP contribution in [0.2, 0.25) is 0 Å². The van der Waals surface area contributed by atoms with E-state index in [0.717, 1.165) is 4.31 Å². The number of hydrogen-bond acceptors (Lipinski definition) is 4. The molecule has 122 valence electrons. The Hall–Kier alpha value is -1.64. The molecule has 1 fully saturated rings. The van der Waals surface area contributed by atoms with Crippen LogP contribution in [-0.4, -0.2) is 61.9 Å². The minimum atomic E-state index is -3.45. The van der Waals surface area contributed by atoms with E-state index in [4.69, 9.17) is 0 Å². The number of amides is 1. The predicted molar refractivity (Wildman–Crippen MR) is 82.8 cm³/mol. The third kappa shape index (κ3) is 3.96. The van der Waals surface area contributed by atoms with Crippen LogP contribution < -0.4 is 4.72 Å². The molecule has 1 amide bonds. The van der Waals surface area contributed by atoms with E-state index in [0.29, 0.717) is 31.5 Å². The molecule has 0 radical (unpaired) electrons. The van der Waals surface area contributed by atoms with Crippen molar-refractivity contribution in [3.05, 3.63) is 29.8 Å². The van der Waals surface area contributed by atoms with Crippen LogP contribution in [0.25, 0.3) is 0 Å². The smallest absolute Gasteiger partial charge is 0.279 e. The molecule has 0 saturated carbocycles. The number of nitrogens with zero attached hydrogens (tertiary/aromatic N) is 2. The SMILES string of the molecule is CN(C)S(=O)(=O)NC1CCN(C(=O)c2cccc(O)c2)CC1. The lowest BCUT2D eigenvalue weighted by atomic mass is 10.0. The molecule has 1 heterocycles. The Bertz CT molecular complexity index is 637. The summed E-state index contributed by atoms with van der Waals surface area (Å²) in [5, 5.41) is 9.43. The number of hydrogen-bond donors (Lipinski definition) is 2. The number of nitrogens with one attached hydrogen (secondary N) is 1. The zero-order valence-electron chi connectivity index (χ0n) is 12.7. The maximum absolute atomic E-state index is 12.3. The Labute approximate surface area is 130 Å². The first-order valence-corrected chi connectivity index (χ1v) is 8.51. The van der Waals surface area contributed by atoms with Gasteiger partial charge in [0.2, 0.25) is 0 Å². The number of carbonyl (C=O) groups is 1. The Morgan fingerprint density at radius 1 is 1.32 bits per heavy atom. The van der Waals surface area contributed by atoms with Gasteiger partial charge in [0.15, 0.2) is 0 Å². The van der Waals surface area contributed by atoms with E-state index in [1.165, 1.54) is 26.2 Å². The topological polar surface area (TPSA) is 90.0 Å². The zero-order valence-corrected chi connectivity index (χ0v) is 13.5. The van der Waals surface area contributed by atoms with Gasteiger partial charge < -0.3 is 10.0 Å². The van der Waals surface area contributed by atoms with Crippen LogP contribution in [0.3, 0.4) is 0 Å². The van der Waals surface area contributed by atoms with Crippen LogP contribution in [0.1, 0.15) is 23.2 Å². The number of likely N-dealkylation sites (tertiary alicyclic amines) is 1. The molecule has 0 atom stereocenters. The molecule has 0 unspecified atom stereocenters. The van der Waals surface area contributed by atoms with Gasteiger partial charge in [0.25, 0.3) is 16.1 Å². The molecule has 1 aromatic carbocycles. The van der Waals surface area contributed by atoms with Crippen molar-refractivity contribution in [2.45, 2.75) is 18.9 Å². The third-order valence-electron chi connectivity index (χ3n) is 3.67. The first-order chi connectivity index (χ1) is 10.3. The van der Waals surface area contributed by atoms with E-state index in [1.807, 2.05) is 0 Å². The average molecular weight is 327 g/mol. The molecule has 1 aromatic rings. The summed E-state index contributed by atoms with van der Waals surface area (Å²) in [6.45, 7) is 0.963. The van der Waals surface area contributed by atoms with Crippen LogP contribution >= 0.6 is 0 Å². The van der Waals surface area contributed by atoms with Gasteiger partial charge >= 0.3 is 0 Å². The number of aromatic hydroxyl groups is 1. The number of benzene rings is 1. The van der Waals surface area contributed by atoms with Gasteiger partial charge in [-0.15, -0.1) is 0 Å². The molecular weight excluding hydrogens is 306 g/mol. The monoisotopic (exact) mass is 327 g/mol. The van der Waals surface area contributed by atoms with Crippen molar-refractivity contribution in [1.82, 2.24) is 13.9 Å². The Morgan fingerprint density at radius 3 is 2.50 bits per heavy atom. The Balaban J connectivity index is 1.94. The molecule has 1 saturated heterocycles. The van der Waals surface area contributed by atoms with Crippen molar-refractivity contribution >= 4 is 16.1 Å². The minimum Gasteiger partial charge on any atom is -0.508 e. The van der Waals surface area contributed by atoms with E-state index in [1.54, 1.807) is 17.0 Å². The molecule has 0 aromatic heterocycles. The quantitative estimate of drug-likeness (QED) is 0.837. The van der Waals surface area contributed by atoms with Crippen molar-refractivity contribution in [2.75, 3.05) is 27.2 Å². The molecule has 0 spiro atoms. The number of rotatable bonds is 4. The summed E-state index contributed by atoms with van der Waals surface area (Å²) in [6, 6.07) is 6.06. The number of piperidine rings is 1. The summed E-state index contributed by atoms with van der Waals surface area (Å²) in [6.07, 6.45) is 1.13. The molecule has 0 bridgehead atoms. The highest BCUT2D eigenvalue weighted by Crippen LogP contribution is 2.17. The summed E-state index contributed by atoms with van der Waals surface area (Å²) >= 11 is 0. The highest BCUT2D eigenvalue weighted by atomic mass is 32.2. The molecule has 1 aliphatic heterocycles. The largest absolute Gasteiger partial charge is 0.508 e. The first kappa shape index (κ1) is 16.7. The predicted octanol–water partition coefficient (Wildman–Crippen LogP) is 0.393. The molecule has 1 aliphatic rings. The van der Waals surface area contributed by atoms with Gasteiger partial charge in [-0.05, 0) is 31.0 Å². The molecule has 7 nitrogen and oxygen atoms in total. The maximum Gasteiger partial charge on any atom is 0.279 e. The second-order valence-corrected chi connectivity index (χ2v) is 7.44. The fraction of sp³-hybridized carbons (Fsp3) is 0.500. The minimum absolute atomic E-state index is 0.0551. The zero-order chi connectivity index (χ0) is 16.3. The van der Waals surface area contributed by atoms with Gasteiger partial charge in [-0.25, -0.2) is 0 Å². The number of phenolic OH excluding ortho intramolecular Hbond substituents is 1. The number of carbonyl (C=O) groups excluding carboxylic acids is 1. The van der Waals surface area contributed by atoms with E-state index in [9.17, 15) is 18.3 Å². The average Bonchev–Trinajstić information content (AvgIpc) is 2.47. The molecule has 22 heavy (non-hydrogen) atoms. The lowest BCUT2D eigenvalue weighted by molar-refractivity contribution is 0.0710. The third-order valence-corrected chi connectivity index (χ3v) is 5.26. The van der Waals surface area contributed by atoms with Gasteiger partial charge in [0.1, 0.15) is 5.75 Å². The fourth-order valence-corrected chi connectivity index (χ4v) is 3.21. The van der Waals surface area contributed by atoms with Crippen molar-refractivity contribution in [1.29, 1.82) is 0 Å². The summed E-state index contributed by atoms with van der Waals surface area (Å²) in [5.74, 6) is -0.0932. The van der Waals surface area contributed by atoms with E-state index < -0.39 is 10.2 Å². The van der Waals surface area contributed by atoms with Gasteiger partial charge in [-0.1, -0.05) is 6.07 Å². The highest BCUT2D eigenvalue weighted by molar-refractivity contribution is 7.87. The van der Waals surface area contributed by atoms with E-state index in [2.05, 4.69) is 4.72 Å². The van der Waals surface area contributed by atoms with Gasteiger partial charge in [-0.2, -0.15) is 17.4 Å². The highest BCUT2D eigenvalue weighted by Gasteiger charge is 2.27. The van der Waals surface area contributed by atoms with Gasteiger partial charge in [-0.3, -0.25) is 4.79 Å². The van der Waals surface area contributed by atoms with Crippen LogP contribution in [-0.2, 0) is 10.2 Å². The van der Waals surface area contributed by atoms with Crippen molar-refractivity contribution in [3.63, 3.8) is 0 Å². The van der Waals surface area contributed by atoms with Crippen LogP contribution in [0.5, 0.6) is 5.75 Å². The standard InChI is InChI=1S/C14H21N3O4S/c1-16(2)22(20,21)15-12-6-8-17(9-7-12)14(19)11-4-3-5-13(18)10-11/h3-5,10,12,15,18H,6-9H2,1-2H3. The molecule has 0 aliphatic carbocycles.